The molecule has 0 radical (unpaired) electrons. The van der Waals surface area contributed by atoms with E-state index in [0.717, 1.165) is 28.7 Å². The van der Waals surface area contributed by atoms with E-state index >= 15 is 0 Å². The zero-order valence-electron chi connectivity index (χ0n) is 17.7. The number of ether oxygens (including phenoxy) is 1. The lowest BCUT2D eigenvalue weighted by atomic mass is 9.98. The van der Waals surface area contributed by atoms with E-state index < -0.39 is 18.1 Å². The minimum Gasteiger partial charge on any atom is -0.481 e. The summed E-state index contributed by atoms with van der Waals surface area (Å²) in [5, 5.41) is 11.6. The third kappa shape index (κ3) is 4.66. The number of alkyl carbamates (subject to hydrolysis) is 1. The summed E-state index contributed by atoms with van der Waals surface area (Å²) in [5.74, 6) is -1.40. The van der Waals surface area contributed by atoms with E-state index in [-0.39, 0.29) is 31.3 Å². The minimum absolute atomic E-state index is 0.0125. The Kier molecular flexibility index (Phi) is 6.54. The Morgan fingerprint density at radius 3 is 2.28 bits per heavy atom. The van der Waals surface area contributed by atoms with Gasteiger partial charge in [-0.25, -0.2) is 4.79 Å². The van der Waals surface area contributed by atoms with Gasteiger partial charge in [0.2, 0.25) is 5.91 Å². The van der Waals surface area contributed by atoms with Crippen LogP contribution in [0.15, 0.2) is 60.7 Å². The molecule has 0 saturated heterocycles. The number of hydrogen-bond acceptors (Lipinski definition) is 4. The third-order valence-corrected chi connectivity index (χ3v) is 5.95. The molecule has 32 heavy (non-hydrogen) atoms. The van der Waals surface area contributed by atoms with E-state index in [2.05, 4.69) is 17.4 Å². The molecule has 7 heteroatoms. The Morgan fingerprint density at radius 2 is 1.69 bits per heavy atom. The van der Waals surface area contributed by atoms with Crippen LogP contribution < -0.4 is 5.32 Å². The zero-order chi connectivity index (χ0) is 22.5. The topological polar surface area (TPSA) is 95.9 Å². The van der Waals surface area contributed by atoms with Crippen LogP contribution in [0.2, 0.25) is 0 Å². The largest absolute Gasteiger partial charge is 0.481 e. The average Bonchev–Trinajstić information content (AvgIpc) is 3.14. The maximum atomic E-state index is 12.9. The fraction of sp³-hybridized carbons (Fsp3) is 0.320. The van der Waals surface area contributed by atoms with Crippen LogP contribution in [0.3, 0.4) is 0 Å². The van der Waals surface area contributed by atoms with Crippen molar-refractivity contribution in [1.29, 1.82) is 0 Å². The van der Waals surface area contributed by atoms with Gasteiger partial charge >= 0.3 is 12.1 Å². The molecule has 0 spiro atoms. The summed E-state index contributed by atoms with van der Waals surface area (Å²) in [5.41, 5.74) is 4.45. The molecule has 0 fully saturated rings. The van der Waals surface area contributed by atoms with Crippen molar-refractivity contribution < 1.29 is 24.2 Å². The first-order chi connectivity index (χ1) is 15.5. The molecule has 0 saturated carbocycles. The van der Waals surface area contributed by atoms with E-state index in [1.54, 1.807) is 4.90 Å². The Bertz CT molecular complexity index is 1000. The molecular weight excluding hydrogens is 408 g/mol. The highest BCUT2D eigenvalue weighted by Crippen LogP contribution is 2.44. The summed E-state index contributed by atoms with van der Waals surface area (Å²) in [6.45, 7) is 1.13. The number of aliphatic carboxylic acids is 1. The molecule has 1 atom stereocenters. The van der Waals surface area contributed by atoms with E-state index in [0.29, 0.717) is 13.1 Å². The molecule has 1 aliphatic heterocycles. The van der Waals surface area contributed by atoms with Gasteiger partial charge in [0.1, 0.15) is 12.6 Å². The van der Waals surface area contributed by atoms with Gasteiger partial charge < -0.3 is 20.1 Å². The molecular formula is C25H26N2O5. The zero-order valence-corrected chi connectivity index (χ0v) is 17.7. The Hall–Kier alpha value is -3.61. The van der Waals surface area contributed by atoms with Gasteiger partial charge in [-0.1, -0.05) is 60.7 Å². The number of benzene rings is 2. The van der Waals surface area contributed by atoms with Gasteiger partial charge in [0.15, 0.2) is 0 Å². The van der Waals surface area contributed by atoms with Crippen molar-refractivity contribution in [3.8, 4) is 11.1 Å². The molecule has 0 aromatic heterocycles. The number of carboxylic acids is 1. The second-order valence-corrected chi connectivity index (χ2v) is 8.00. The number of carboxylic acid groups (broad SMARTS) is 1. The van der Waals surface area contributed by atoms with Gasteiger partial charge in [-0.05, 0) is 35.1 Å². The Morgan fingerprint density at radius 1 is 1.03 bits per heavy atom. The Balaban J connectivity index is 1.42. The number of fused-ring (bicyclic) bond motifs is 3. The summed E-state index contributed by atoms with van der Waals surface area (Å²) in [4.78, 5) is 38.1. The first-order valence-electron chi connectivity index (χ1n) is 10.8. The predicted molar refractivity (Wildman–Crippen MR) is 119 cm³/mol. The molecule has 2 N–H and O–H groups in total. The first-order valence-corrected chi connectivity index (χ1v) is 10.8. The first kappa shape index (κ1) is 21.6. The number of hydrogen-bond donors (Lipinski definition) is 2. The van der Waals surface area contributed by atoms with E-state index in [4.69, 9.17) is 9.84 Å². The number of nitrogens with one attached hydrogen (secondary N) is 1. The molecule has 1 unspecified atom stereocenters. The number of nitrogens with zero attached hydrogens (tertiary/aromatic N) is 1. The molecule has 2 amide bonds. The molecule has 1 heterocycles. The summed E-state index contributed by atoms with van der Waals surface area (Å²) in [6, 6.07) is 15.1. The standard InChI is InChI=1S/C25H26N2O5/c28-23(29)13-12-22(24(30)27-14-6-1-7-15-27)26-25(31)32-16-21-19-10-4-2-8-17(19)18-9-3-5-11-20(18)21/h1-6,8-11,21-22H,7,12-16H2,(H,26,31)(H,28,29). The molecule has 0 bridgehead atoms. The quantitative estimate of drug-likeness (QED) is 0.650. The molecule has 4 rings (SSSR count). The van der Waals surface area contributed by atoms with E-state index in [1.807, 2.05) is 48.6 Å². The SMILES string of the molecule is O=C(O)CCC(NC(=O)OCC1c2ccccc2-c2ccccc21)C(=O)N1CC=CCC1. The van der Waals surface area contributed by atoms with Crippen molar-refractivity contribution in [3.63, 3.8) is 0 Å². The molecule has 2 aliphatic rings. The number of carbonyl (C=O) groups excluding carboxylic acids is 2. The van der Waals surface area contributed by atoms with Crippen molar-refractivity contribution >= 4 is 18.0 Å². The van der Waals surface area contributed by atoms with Crippen molar-refractivity contribution in [1.82, 2.24) is 10.2 Å². The van der Waals surface area contributed by atoms with Gasteiger partial charge in [0.05, 0.1) is 0 Å². The maximum Gasteiger partial charge on any atom is 0.407 e. The van der Waals surface area contributed by atoms with Gasteiger partial charge in [0.25, 0.3) is 0 Å². The van der Waals surface area contributed by atoms with Crippen LogP contribution in [0, 0.1) is 0 Å². The van der Waals surface area contributed by atoms with Crippen LogP contribution >= 0.6 is 0 Å². The smallest absolute Gasteiger partial charge is 0.407 e. The molecule has 2 aromatic rings. The van der Waals surface area contributed by atoms with Gasteiger partial charge in [0, 0.05) is 25.4 Å². The predicted octanol–water partition coefficient (Wildman–Crippen LogP) is 3.55. The van der Waals surface area contributed by atoms with Gasteiger partial charge in [-0.15, -0.1) is 0 Å². The van der Waals surface area contributed by atoms with Crippen LogP contribution in [0.5, 0.6) is 0 Å². The highest BCUT2D eigenvalue weighted by molar-refractivity contribution is 5.86. The van der Waals surface area contributed by atoms with Crippen LogP contribution in [0.25, 0.3) is 11.1 Å². The number of amides is 2. The number of rotatable bonds is 7. The second-order valence-electron chi connectivity index (χ2n) is 8.00. The maximum absolute atomic E-state index is 12.9. The highest BCUT2D eigenvalue weighted by Gasteiger charge is 2.31. The van der Waals surface area contributed by atoms with Crippen molar-refractivity contribution in [2.24, 2.45) is 0 Å². The van der Waals surface area contributed by atoms with E-state index in [1.165, 1.54) is 0 Å². The fourth-order valence-corrected chi connectivity index (χ4v) is 4.37. The summed E-state index contributed by atoms with van der Waals surface area (Å²) >= 11 is 0. The normalized spacial score (nSPS) is 15.6. The Labute approximate surface area is 186 Å². The lowest BCUT2D eigenvalue weighted by Gasteiger charge is -2.28. The van der Waals surface area contributed by atoms with Crippen LogP contribution in [0.1, 0.15) is 36.3 Å². The average molecular weight is 434 g/mol. The van der Waals surface area contributed by atoms with Crippen LogP contribution in [0.4, 0.5) is 4.79 Å². The lowest BCUT2D eigenvalue weighted by molar-refractivity contribution is -0.138. The molecule has 7 nitrogen and oxygen atoms in total. The highest BCUT2D eigenvalue weighted by atomic mass is 16.5. The summed E-state index contributed by atoms with van der Waals surface area (Å²) < 4.78 is 5.53. The minimum atomic E-state index is -1.02. The van der Waals surface area contributed by atoms with Gasteiger partial charge in [-0.2, -0.15) is 0 Å². The summed E-state index contributed by atoms with van der Waals surface area (Å²) in [7, 11) is 0. The monoisotopic (exact) mass is 434 g/mol. The van der Waals surface area contributed by atoms with Crippen molar-refractivity contribution in [3.05, 3.63) is 71.8 Å². The van der Waals surface area contributed by atoms with Crippen LogP contribution in [-0.2, 0) is 14.3 Å². The molecule has 1 aliphatic carbocycles. The molecule has 166 valence electrons. The van der Waals surface area contributed by atoms with E-state index in [9.17, 15) is 14.4 Å². The summed E-state index contributed by atoms with van der Waals surface area (Å²) in [6.07, 6.45) is 3.70. The second kappa shape index (κ2) is 9.68. The van der Waals surface area contributed by atoms with Gasteiger partial charge in [-0.3, -0.25) is 9.59 Å². The third-order valence-electron chi connectivity index (χ3n) is 5.95. The van der Waals surface area contributed by atoms with Crippen molar-refractivity contribution in [2.75, 3.05) is 19.7 Å². The number of carbonyl (C=O) groups is 3. The fourth-order valence-electron chi connectivity index (χ4n) is 4.37. The van der Waals surface area contributed by atoms with Crippen LogP contribution in [-0.4, -0.2) is 53.7 Å². The van der Waals surface area contributed by atoms with Crippen molar-refractivity contribution in [2.45, 2.75) is 31.2 Å². The molecule has 2 aromatic carbocycles. The lowest BCUT2D eigenvalue weighted by Crippen LogP contribution is -2.49.